The van der Waals surface area contributed by atoms with Crippen molar-refractivity contribution in [3.05, 3.63) is 79.9 Å². The summed E-state index contributed by atoms with van der Waals surface area (Å²) >= 11 is 12.3. The molecule has 3 aliphatic heterocycles. The summed E-state index contributed by atoms with van der Waals surface area (Å²) in [6, 6.07) is 0. The van der Waals surface area contributed by atoms with Crippen LogP contribution in [0.3, 0.4) is 0 Å². The number of benzene rings is 1. The van der Waals surface area contributed by atoms with E-state index in [1.807, 2.05) is 6.92 Å². The summed E-state index contributed by atoms with van der Waals surface area (Å²) in [5, 5.41) is 76.8. The van der Waals surface area contributed by atoms with Gasteiger partial charge in [-0.3, -0.25) is 4.79 Å². The van der Waals surface area contributed by atoms with Crippen molar-refractivity contribution in [2.24, 2.45) is 11.8 Å². The van der Waals surface area contributed by atoms with Gasteiger partial charge in [-0.25, -0.2) is 9.59 Å². The van der Waals surface area contributed by atoms with Crippen LogP contribution in [0, 0.1) is 11.8 Å². The number of cyclic esters (lactones) is 1. The Morgan fingerprint density at radius 1 is 0.958 bits per heavy atom. The molecule has 18 nitrogen and oxygen atoms in total. The van der Waals surface area contributed by atoms with Gasteiger partial charge in [-0.2, -0.15) is 0 Å². The van der Waals surface area contributed by atoms with Crippen LogP contribution in [0.15, 0.2) is 58.7 Å². The first kappa shape index (κ1) is 50.3. The number of ether oxygens (including phenoxy) is 8. The van der Waals surface area contributed by atoms with E-state index in [9.17, 15) is 50.1 Å². The van der Waals surface area contributed by atoms with Gasteiger partial charge in [0.15, 0.2) is 36.3 Å². The summed E-state index contributed by atoms with van der Waals surface area (Å²) < 4.78 is 101. The number of carbonyl (C=O) groups is 3. The minimum Gasteiger partial charge on any atom is -0.505 e. The lowest BCUT2D eigenvalue weighted by Crippen LogP contribution is -2.64. The van der Waals surface area contributed by atoms with Gasteiger partial charge in [0.25, 0.3) is 0 Å². The van der Waals surface area contributed by atoms with E-state index in [0.29, 0.717) is 23.1 Å². The number of halogens is 2. The minimum absolute atomic E-state index is 0.00637. The van der Waals surface area contributed by atoms with E-state index in [1.54, 1.807) is 52.0 Å². The molecule has 72 heavy (non-hydrogen) atoms. The highest BCUT2D eigenvalue weighted by molar-refractivity contribution is 6.39. The number of hydrogen-bond acceptors (Lipinski definition) is 18. The van der Waals surface area contributed by atoms with Gasteiger partial charge < -0.3 is 73.6 Å². The van der Waals surface area contributed by atoms with Crippen molar-refractivity contribution in [3.8, 4) is 11.5 Å². The van der Waals surface area contributed by atoms with E-state index in [-0.39, 0.29) is 35.4 Å². The summed E-state index contributed by atoms with van der Waals surface area (Å²) in [6.07, 6.45) is -8.85. The number of rotatable bonds is 13. The Kier molecular flexibility index (Phi) is 18.5. The van der Waals surface area contributed by atoms with Crippen LogP contribution in [-0.4, -0.2) is 153 Å². The van der Waals surface area contributed by atoms with Gasteiger partial charge in [-0.15, -0.1) is 0 Å². The van der Waals surface area contributed by atoms with Crippen molar-refractivity contribution in [2.45, 2.75) is 187 Å². The lowest BCUT2D eigenvalue weighted by atomic mass is 9.88. The molecule has 1 aromatic carbocycles. The van der Waals surface area contributed by atoms with Crippen molar-refractivity contribution in [3.63, 3.8) is 0 Å². The highest BCUT2D eigenvalue weighted by atomic mass is 35.5. The predicted octanol–water partition coefficient (Wildman–Crippen LogP) is 6.23. The second-order valence-electron chi connectivity index (χ2n) is 18.6. The number of hydrogen-bond donors (Lipinski definition) is 7. The van der Waals surface area contributed by atoms with E-state index in [2.05, 4.69) is 0 Å². The highest BCUT2D eigenvalue weighted by Gasteiger charge is 2.53. The van der Waals surface area contributed by atoms with E-state index in [1.165, 1.54) is 47.0 Å². The summed E-state index contributed by atoms with van der Waals surface area (Å²) in [7, 11) is 1.23. The Hall–Kier alpha value is -3.89. The minimum atomic E-state index is -3.76. The Labute approximate surface area is 441 Å². The Morgan fingerprint density at radius 3 is 2.25 bits per heavy atom. The fourth-order valence-corrected chi connectivity index (χ4v) is 9.07. The van der Waals surface area contributed by atoms with Gasteiger partial charge >= 0.3 is 17.9 Å². The number of aliphatic hydroxyl groups is 5. The molecule has 2 fully saturated rings. The second kappa shape index (κ2) is 26.5. The highest BCUT2D eigenvalue weighted by Crippen LogP contribution is 2.45. The third kappa shape index (κ3) is 14.7. The molecule has 0 radical (unpaired) electrons. The van der Waals surface area contributed by atoms with Crippen molar-refractivity contribution >= 4 is 41.1 Å². The van der Waals surface area contributed by atoms with Crippen LogP contribution in [0.5, 0.6) is 11.5 Å². The Bertz CT molecular complexity index is 2480. The molecule has 0 spiro atoms. The maximum absolute atomic E-state index is 14.0. The second-order valence-corrected chi connectivity index (χ2v) is 19.3. The molecule has 0 unspecified atom stereocenters. The molecule has 3 heterocycles. The van der Waals surface area contributed by atoms with Crippen LogP contribution in [0.25, 0.3) is 0 Å². The van der Waals surface area contributed by atoms with Crippen LogP contribution >= 0.6 is 23.2 Å². The van der Waals surface area contributed by atoms with Gasteiger partial charge in [0.1, 0.15) is 46.7 Å². The first-order valence-electron chi connectivity index (χ1n) is 27.0. The van der Waals surface area contributed by atoms with Crippen molar-refractivity contribution < 1.29 is 97.6 Å². The Morgan fingerprint density at radius 2 is 1.64 bits per heavy atom. The predicted molar refractivity (Wildman–Crippen MR) is 265 cm³/mol. The smallest absolute Gasteiger partial charge is 0.342 e. The first-order valence-corrected chi connectivity index (χ1v) is 24.2. The third-order valence-electron chi connectivity index (χ3n) is 12.7. The quantitative estimate of drug-likeness (QED) is 0.0655. The standard InChI is InChI=1S/C52H74Cl2O18/c1-13-30-22-26(6)33(56)18-16-15-17-31(23-66-51-45(65-12)42(61)44(29(9)67-51)69-49(64)35-32(14-2)36(53)39(58)37(54)38(35)57)48(63)68-34(28(8)55)20-19-25(5)21-27(7)43(30)70-50-41(60)40(59)46(52(10,11)72-50)71-47(62)24(3)4/h15-17,19,21-22,24,28-30,33-34,40-46,50-51,55-61H,13-14,18,20,23H2,1-12H3/b16-15+,25-19+,26-22+,27-21+,31-17+/t28-,29-,30+,33+,34+,40-,41+,42+,43+,44-,45+,46+,50-,51-/m1/s1/i3D3,4D3,24D. The largest absolute Gasteiger partial charge is 0.505 e. The molecule has 0 amide bonds. The lowest BCUT2D eigenvalue weighted by molar-refractivity contribution is -0.333. The van der Waals surface area contributed by atoms with E-state index < -0.39 is 157 Å². The van der Waals surface area contributed by atoms with Crippen LogP contribution in [0.2, 0.25) is 10.0 Å². The maximum atomic E-state index is 14.0. The van der Waals surface area contributed by atoms with Gasteiger partial charge in [-0.1, -0.05) is 86.7 Å². The van der Waals surface area contributed by atoms with Gasteiger partial charge in [-0.05, 0) is 90.5 Å². The summed E-state index contributed by atoms with van der Waals surface area (Å²) in [5.41, 5.74) is -0.683. The molecule has 404 valence electrons. The van der Waals surface area contributed by atoms with E-state index in [4.69, 9.17) is 70.7 Å². The molecule has 0 aliphatic carbocycles. The molecule has 7 N–H and O–H groups in total. The zero-order valence-electron chi connectivity index (χ0n) is 49.0. The molecule has 3 aliphatic rings. The summed E-state index contributed by atoms with van der Waals surface area (Å²) in [4.78, 5) is 40.8. The average molecular weight is 1070 g/mol. The number of aliphatic hydroxyl groups excluding tert-OH is 5. The monoisotopic (exact) mass is 1060 g/mol. The molecule has 0 bridgehead atoms. The number of aromatic hydroxyl groups is 2. The summed E-state index contributed by atoms with van der Waals surface area (Å²) in [6.45, 7) is 6.21. The van der Waals surface area contributed by atoms with E-state index in [0.717, 1.165) is 0 Å². The summed E-state index contributed by atoms with van der Waals surface area (Å²) in [5.74, 6) is -9.79. The number of carbonyl (C=O) groups excluding carboxylic acids is 3. The molecular weight excluding hydrogens is 983 g/mol. The number of methoxy groups -OCH3 is 1. The molecular formula is C52H74Cl2O18. The van der Waals surface area contributed by atoms with Crippen LogP contribution < -0.4 is 0 Å². The van der Waals surface area contributed by atoms with Crippen molar-refractivity contribution in [1.29, 1.82) is 0 Å². The Balaban J connectivity index is 1.62. The first-order chi connectivity index (χ1) is 36.5. The van der Waals surface area contributed by atoms with Crippen molar-refractivity contribution in [2.75, 3.05) is 13.7 Å². The molecule has 2 saturated heterocycles. The number of allylic oxidation sites excluding steroid dienone is 4. The fourth-order valence-electron chi connectivity index (χ4n) is 8.51. The molecule has 1 aromatic rings. The fraction of sp³-hybridized carbons (Fsp3) is 0.635. The van der Waals surface area contributed by atoms with Gasteiger partial charge in [0.05, 0.1) is 47.5 Å². The number of esters is 3. The molecule has 0 aromatic heterocycles. The molecule has 14 atom stereocenters. The number of phenolic OH excluding ortho intramolecular Hbond substituents is 2. The normalized spacial score (nSPS) is 36.8. The third-order valence-corrected chi connectivity index (χ3v) is 13.5. The zero-order chi connectivity index (χ0) is 60.0. The molecule has 20 heteroatoms. The van der Waals surface area contributed by atoms with Crippen LogP contribution in [-0.2, 0) is 53.9 Å². The van der Waals surface area contributed by atoms with E-state index >= 15 is 0 Å². The lowest BCUT2D eigenvalue weighted by Gasteiger charge is -2.47. The molecule has 0 saturated carbocycles. The van der Waals surface area contributed by atoms with Gasteiger partial charge in [0.2, 0.25) is 0 Å². The SMILES string of the molecule is [2H]C([2H])([2H])C([2H])(C(=O)O[C@H]1[C@H](O)[C@H](O)[C@H](O[C@H]2/C(C)=C/C(C)=C/C[C@@H]([C@@H](C)O)OC(=O)/C(CO[C@@H]3O[C@H](C)[C@@H](OC(=O)c4c(O)c(Cl)c(O)c(Cl)c4CC)[C@H](O)[C@@H]3OC)=C/C=C/C[C@H](O)/C(C)=C/[C@@H]2CC)OC1(C)C)C([2H])([2H])[2H]. The average Bonchev–Trinajstić information content (AvgIpc) is 3.37. The van der Waals surface area contributed by atoms with Crippen molar-refractivity contribution in [1.82, 2.24) is 0 Å². The number of phenols is 2. The maximum Gasteiger partial charge on any atom is 0.342 e. The topological polar surface area (TPSA) is 267 Å². The molecule has 4 rings (SSSR count). The van der Waals surface area contributed by atoms with Crippen LogP contribution in [0.4, 0.5) is 0 Å². The van der Waals surface area contributed by atoms with Gasteiger partial charge in [0, 0.05) is 29.0 Å². The zero-order valence-corrected chi connectivity index (χ0v) is 43.5. The van der Waals surface area contributed by atoms with Crippen LogP contribution in [0.1, 0.15) is 121 Å².